The molecule has 0 spiro atoms. The molecule has 2 aliphatic heterocycles. The Balaban J connectivity index is 0.000000208. The Morgan fingerprint density at radius 1 is 0.892 bits per heavy atom. The number of carbonyl (C=O) groups is 1. The van der Waals surface area contributed by atoms with Crippen LogP contribution in [0.1, 0.15) is 19.4 Å². The fourth-order valence-electron chi connectivity index (χ4n) is 3.70. The van der Waals surface area contributed by atoms with Crippen molar-refractivity contribution in [3.63, 3.8) is 0 Å². The molecule has 0 aromatic carbocycles. The Morgan fingerprint density at radius 3 is 1.73 bits per heavy atom. The van der Waals surface area contributed by atoms with Crippen LogP contribution in [-0.4, -0.2) is 105 Å². The van der Waals surface area contributed by atoms with E-state index in [1.165, 1.54) is 31.5 Å². The Kier molecular flexibility index (Phi) is 9.05. The number of amides is 1. The third-order valence-electron chi connectivity index (χ3n) is 5.57. The lowest BCUT2D eigenvalue weighted by Crippen LogP contribution is -2.36. The van der Waals surface area contributed by atoms with Gasteiger partial charge in [-0.2, -0.15) is 9.97 Å². The van der Waals surface area contributed by atoms with E-state index in [1.54, 1.807) is 0 Å². The van der Waals surface area contributed by atoms with E-state index in [2.05, 4.69) is 15.3 Å². The number of hydrogen-bond acceptors (Lipinski definition) is 14. The molecule has 2 aliphatic rings. The zero-order valence-electron chi connectivity index (χ0n) is 19.4. The predicted octanol–water partition coefficient (Wildman–Crippen LogP) is -4.75. The standard InChI is InChI=1S/C11H15N3O6.C9H13N3O5/c1-5(16)12-7-2-3-14(11(19)13-7)10-9(18)8(17)6(4-15)20-10;10-5-1-2-12(9(16)11-5)8-7(15)6(14)4(3-13)17-8/h2-3,6,8-10,15,17-18H,4H2,1H3,(H,12,13,16,19);1-2,4,6-8,13-15H,3H2,(H2,10,11,16)/t6-,8+,9?,10-;4-,6+,7?,8-/m11/s1. The molecule has 17 heteroatoms. The minimum Gasteiger partial charge on any atom is -0.394 e. The summed E-state index contributed by atoms with van der Waals surface area (Å²) in [5.41, 5.74) is 3.87. The molecule has 2 saturated heterocycles. The van der Waals surface area contributed by atoms with Crippen LogP contribution in [0.3, 0.4) is 0 Å². The largest absolute Gasteiger partial charge is 0.394 e. The van der Waals surface area contributed by atoms with Gasteiger partial charge in [-0.25, -0.2) is 9.59 Å². The van der Waals surface area contributed by atoms with Gasteiger partial charge in [-0.05, 0) is 12.1 Å². The number of ether oxygens (including phenoxy) is 2. The van der Waals surface area contributed by atoms with Gasteiger partial charge in [-0.1, -0.05) is 0 Å². The monoisotopic (exact) mass is 528 g/mol. The molecule has 2 unspecified atom stereocenters. The van der Waals surface area contributed by atoms with Gasteiger partial charge in [0.15, 0.2) is 12.5 Å². The number of nitrogens with zero attached hydrogens (tertiary/aromatic N) is 4. The maximum atomic E-state index is 11.8. The second-order valence-electron chi connectivity index (χ2n) is 8.18. The van der Waals surface area contributed by atoms with E-state index in [0.29, 0.717) is 0 Å². The van der Waals surface area contributed by atoms with Crippen molar-refractivity contribution >= 4 is 17.5 Å². The number of rotatable bonds is 5. The normalized spacial score (nSPS) is 31.0. The third kappa shape index (κ3) is 6.17. The lowest BCUT2D eigenvalue weighted by molar-refractivity contribution is -0.114. The summed E-state index contributed by atoms with van der Waals surface area (Å²) in [5.74, 6) is -0.244. The maximum Gasteiger partial charge on any atom is 0.351 e. The van der Waals surface area contributed by atoms with Gasteiger partial charge in [-0.15, -0.1) is 0 Å². The molecule has 204 valence electrons. The highest BCUT2D eigenvalue weighted by atomic mass is 16.6. The second kappa shape index (κ2) is 11.8. The fourth-order valence-corrected chi connectivity index (χ4v) is 3.70. The van der Waals surface area contributed by atoms with Crippen LogP contribution in [0.4, 0.5) is 11.6 Å². The van der Waals surface area contributed by atoms with Crippen LogP contribution in [0.5, 0.6) is 0 Å². The highest BCUT2D eigenvalue weighted by Crippen LogP contribution is 2.29. The van der Waals surface area contributed by atoms with Gasteiger partial charge in [-0.3, -0.25) is 13.9 Å². The number of nitrogen functional groups attached to an aromatic ring is 1. The van der Waals surface area contributed by atoms with Crippen LogP contribution in [-0.2, 0) is 14.3 Å². The Bertz CT molecular complexity index is 1210. The molecule has 1 amide bonds. The number of nitrogens with two attached hydrogens (primary N) is 1. The molecule has 0 aliphatic carbocycles. The van der Waals surface area contributed by atoms with E-state index in [4.69, 9.17) is 25.4 Å². The van der Waals surface area contributed by atoms with Crippen molar-refractivity contribution < 1.29 is 44.9 Å². The highest BCUT2D eigenvalue weighted by molar-refractivity contribution is 5.87. The van der Waals surface area contributed by atoms with Crippen molar-refractivity contribution in [3.8, 4) is 0 Å². The summed E-state index contributed by atoms with van der Waals surface area (Å²) in [5, 5.41) is 58.9. The molecule has 4 rings (SSSR count). The van der Waals surface area contributed by atoms with Gasteiger partial charge >= 0.3 is 11.4 Å². The summed E-state index contributed by atoms with van der Waals surface area (Å²) >= 11 is 0. The summed E-state index contributed by atoms with van der Waals surface area (Å²) in [6.45, 7) is 0.339. The fraction of sp³-hybridized carbons (Fsp3) is 0.550. The van der Waals surface area contributed by atoms with Gasteiger partial charge in [0, 0.05) is 19.3 Å². The number of aliphatic hydroxyl groups is 6. The molecule has 9 N–H and O–H groups in total. The summed E-state index contributed by atoms with van der Waals surface area (Å²) in [7, 11) is 0. The SMILES string of the molecule is CC(=O)Nc1ccn([C@@H]2O[C@H](CO)[C@H](O)C2O)c(=O)n1.Nc1ccn([C@@H]2O[C@H](CO)[C@H](O)C2O)c(=O)n1. The molecular weight excluding hydrogens is 500 g/mol. The molecule has 2 fully saturated rings. The Hall–Kier alpha value is -3.29. The smallest absolute Gasteiger partial charge is 0.351 e. The van der Waals surface area contributed by atoms with Crippen molar-refractivity contribution in [1.82, 2.24) is 19.1 Å². The number of aromatic nitrogens is 4. The molecule has 0 radical (unpaired) electrons. The van der Waals surface area contributed by atoms with Crippen molar-refractivity contribution in [2.24, 2.45) is 0 Å². The Labute approximate surface area is 208 Å². The summed E-state index contributed by atoms with van der Waals surface area (Å²) in [4.78, 5) is 41.3. The van der Waals surface area contributed by atoms with Gasteiger partial charge in [0.25, 0.3) is 0 Å². The van der Waals surface area contributed by atoms with Crippen LogP contribution in [0.25, 0.3) is 0 Å². The van der Waals surface area contributed by atoms with Crippen LogP contribution >= 0.6 is 0 Å². The third-order valence-corrected chi connectivity index (χ3v) is 5.57. The number of anilines is 2. The first-order valence-corrected chi connectivity index (χ1v) is 10.9. The molecular formula is C20H28N6O11. The first-order chi connectivity index (χ1) is 17.5. The minimum atomic E-state index is -1.36. The highest BCUT2D eigenvalue weighted by Gasteiger charge is 2.44. The van der Waals surface area contributed by atoms with E-state index >= 15 is 0 Å². The van der Waals surface area contributed by atoms with Crippen LogP contribution < -0.4 is 22.4 Å². The van der Waals surface area contributed by atoms with Gasteiger partial charge in [0.1, 0.15) is 48.3 Å². The van der Waals surface area contributed by atoms with E-state index in [-0.39, 0.29) is 17.5 Å². The maximum absolute atomic E-state index is 11.8. The number of aliphatic hydroxyl groups excluding tert-OH is 6. The predicted molar refractivity (Wildman–Crippen MR) is 122 cm³/mol. The quantitative estimate of drug-likeness (QED) is 0.181. The zero-order valence-corrected chi connectivity index (χ0v) is 19.4. The van der Waals surface area contributed by atoms with Gasteiger partial charge in [0.05, 0.1) is 13.2 Å². The van der Waals surface area contributed by atoms with Crippen molar-refractivity contribution in [3.05, 3.63) is 45.5 Å². The molecule has 0 bridgehead atoms. The van der Waals surface area contributed by atoms with Gasteiger partial charge in [0.2, 0.25) is 5.91 Å². The molecule has 17 nitrogen and oxygen atoms in total. The average Bonchev–Trinajstić information content (AvgIpc) is 3.29. The molecule has 2 aromatic rings. The van der Waals surface area contributed by atoms with Crippen molar-refractivity contribution in [2.45, 2.75) is 56.0 Å². The van der Waals surface area contributed by atoms with E-state index in [1.807, 2.05) is 0 Å². The zero-order chi connectivity index (χ0) is 27.4. The van der Waals surface area contributed by atoms with E-state index < -0.39 is 73.7 Å². The number of nitrogens with one attached hydrogen (secondary N) is 1. The lowest BCUT2D eigenvalue weighted by Gasteiger charge is -2.17. The first-order valence-electron chi connectivity index (χ1n) is 10.9. The minimum absolute atomic E-state index is 0.0537. The van der Waals surface area contributed by atoms with E-state index in [9.17, 15) is 34.8 Å². The number of carbonyl (C=O) groups excluding carboxylic acids is 1. The van der Waals surface area contributed by atoms with Gasteiger partial charge < -0.3 is 51.2 Å². The summed E-state index contributed by atoms with van der Waals surface area (Å²) in [6, 6.07) is 2.73. The Morgan fingerprint density at radius 2 is 1.35 bits per heavy atom. The second-order valence-corrected chi connectivity index (χ2v) is 8.18. The van der Waals surface area contributed by atoms with Crippen LogP contribution in [0, 0.1) is 0 Å². The van der Waals surface area contributed by atoms with Crippen molar-refractivity contribution in [2.75, 3.05) is 24.3 Å². The average molecular weight is 528 g/mol. The number of hydrogen-bond donors (Lipinski definition) is 8. The van der Waals surface area contributed by atoms with Crippen LogP contribution in [0.2, 0.25) is 0 Å². The molecule has 0 saturated carbocycles. The molecule has 37 heavy (non-hydrogen) atoms. The van der Waals surface area contributed by atoms with Crippen LogP contribution in [0.15, 0.2) is 34.1 Å². The summed E-state index contributed by atoms with van der Waals surface area (Å²) in [6.07, 6.45) is -6.77. The van der Waals surface area contributed by atoms with Crippen molar-refractivity contribution in [1.29, 1.82) is 0 Å². The molecule has 8 atom stereocenters. The molecule has 2 aromatic heterocycles. The van der Waals surface area contributed by atoms with E-state index in [0.717, 1.165) is 9.13 Å². The lowest BCUT2D eigenvalue weighted by atomic mass is 10.1. The topological polar surface area (TPSA) is 265 Å². The first kappa shape index (κ1) is 28.3. The summed E-state index contributed by atoms with van der Waals surface area (Å²) < 4.78 is 12.4. The molecule has 4 heterocycles.